The van der Waals surface area contributed by atoms with Crippen molar-refractivity contribution in [3.8, 4) is 0 Å². The number of aliphatic hydroxyl groups excluding tert-OH is 1. The van der Waals surface area contributed by atoms with Crippen molar-refractivity contribution in [2.75, 3.05) is 25.5 Å². The molecular weight excluding hydrogens is 381 g/mol. The second kappa shape index (κ2) is 8.22. The third-order valence-electron chi connectivity index (χ3n) is 4.46. The Bertz CT molecular complexity index is 1100. The topological polar surface area (TPSA) is 82.5 Å². The zero-order chi connectivity index (χ0) is 20.3. The van der Waals surface area contributed by atoms with E-state index in [0.717, 1.165) is 4.31 Å². The van der Waals surface area contributed by atoms with Gasteiger partial charge in [-0.1, -0.05) is 30.3 Å². The highest BCUT2D eigenvalue weighted by molar-refractivity contribution is 7.89. The fourth-order valence-corrected chi connectivity index (χ4v) is 4.39. The summed E-state index contributed by atoms with van der Waals surface area (Å²) in [4.78, 5) is 4.42. The molecule has 3 aromatic rings. The molecule has 6 nitrogen and oxygen atoms in total. The highest BCUT2D eigenvalue weighted by Crippen LogP contribution is 2.27. The van der Waals surface area contributed by atoms with Crippen LogP contribution in [0, 0.1) is 12.7 Å². The Labute approximate surface area is 163 Å². The Hall–Kier alpha value is -2.55. The van der Waals surface area contributed by atoms with Gasteiger partial charge in [-0.3, -0.25) is 0 Å². The first kappa shape index (κ1) is 20.2. The first-order valence-corrected chi connectivity index (χ1v) is 10.2. The van der Waals surface area contributed by atoms with Crippen LogP contribution < -0.4 is 5.32 Å². The van der Waals surface area contributed by atoms with Gasteiger partial charge in [-0.2, -0.15) is 4.31 Å². The first-order valence-electron chi connectivity index (χ1n) is 8.79. The minimum absolute atomic E-state index is 0.0115. The lowest BCUT2D eigenvalue weighted by Gasteiger charge is -2.19. The highest BCUT2D eigenvalue weighted by Gasteiger charge is 2.23. The fraction of sp³-hybridized carbons (Fsp3) is 0.250. The summed E-state index contributed by atoms with van der Waals surface area (Å²) in [5.74, 6) is -0.405. The lowest BCUT2D eigenvalue weighted by Crippen LogP contribution is -2.30. The molecule has 28 heavy (non-hydrogen) atoms. The van der Waals surface area contributed by atoms with E-state index in [1.165, 1.54) is 19.2 Å². The van der Waals surface area contributed by atoms with Crippen molar-refractivity contribution in [3.05, 3.63) is 65.6 Å². The largest absolute Gasteiger partial charge is 0.395 e. The molecule has 0 spiro atoms. The van der Waals surface area contributed by atoms with Gasteiger partial charge in [0.1, 0.15) is 11.3 Å². The molecule has 1 aromatic heterocycles. The number of aryl methyl sites for hydroxylation is 1. The maximum absolute atomic E-state index is 14.1. The molecule has 0 aliphatic carbocycles. The number of rotatable bonds is 7. The van der Waals surface area contributed by atoms with E-state index in [4.69, 9.17) is 5.11 Å². The van der Waals surface area contributed by atoms with Crippen LogP contribution in [0.2, 0.25) is 0 Å². The maximum atomic E-state index is 14.1. The lowest BCUT2D eigenvalue weighted by molar-refractivity contribution is 0.266. The van der Waals surface area contributed by atoms with E-state index in [9.17, 15) is 12.8 Å². The molecule has 0 saturated carbocycles. The van der Waals surface area contributed by atoms with E-state index >= 15 is 0 Å². The maximum Gasteiger partial charge on any atom is 0.243 e. The van der Waals surface area contributed by atoms with Crippen molar-refractivity contribution in [2.45, 2.75) is 18.4 Å². The molecule has 8 heteroatoms. The molecule has 0 radical (unpaired) electrons. The molecule has 0 atom stereocenters. The summed E-state index contributed by atoms with van der Waals surface area (Å²) in [6.45, 7) is 1.76. The van der Waals surface area contributed by atoms with Crippen LogP contribution in [-0.4, -0.2) is 43.0 Å². The van der Waals surface area contributed by atoms with Crippen LogP contribution in [0.4, 0.5) is 10.1 Å². The summed E-state index contributed by atoms with van der Waals surface area (Å²) in [6.07, 6.45) is 0. The van der Waals surface area contributed by atoms with Gasteiger partial charge in [0.15, 0.2) is 0 Å². The number of aliphatic hydroxyl groups is 1. The van der Waals surface area contributed by atoms with Gasteiger partial charge in [-0.25, -0.2) is 17.8 Å². The summed E-state index contributed by atoms with van der Waals surface area (Å²) in [5, 5.41) is 12.9. The number of para-hydroxylation sites is 1. The van der Waals surface area contributed by atoms with E-state index in [2.05, 4.69) is 10.3 Å². The Morgan fingerprint density at radius 1 is 1.18 bits per heavy atom. The second-order valence-electron chi connectivity index (χ2n) is 6.46. The van der Waals surface area contributed by atoms with Crippen LogP contribution in [0.3, 0.4) is 0 Å². The van der Waals surface area contributed by atoms with E-state index in [1.807, 2.05) is 0 Å². The number of nitrogens with zero attached hydrogens (tertiary/aromatic N) is 2. The summed E-state index contributed by atoms with van der Waals surface area (Å²) in [5.41, 5.74) is 2.18. The van der Waals surface area contributed by atoms with Gasteiger partial charge < -0.3 is 10.4 Å². The number of pyridine rings is 1. The van der Waals surface area contributed by atoms with E-state index in [0.29, 0.717) is 22.3 Å². The number of halogens is 1. The van der Waals surface area contributed by atoms with Gasteiger partial charge in [0.2, 0.25) is 10.0 Å². The number of benzene rings is 2. The second-order valence-corrected chi connectivity index (χ2v) is 8.47. The quantitative estimate of drug-likeness (QED) is 0.634. The molecule has 2 N–H and O–H groups in total. The zero-order valence-electron chi connectivity index (χ0n) is 15.7. The third-order valence-corrected chi connectivity index (χ3v) is 6.42. The van der Waals surface area contributed by atoms with E-state index < -0.39 is 15.8 Å². The van der Waals surface area contributed by atoms with Gasteiger partial charge in [0.05, 0.1) is 11.5 Å². The van der Waals surface area contributed by atoms with E-state index in [-0.39, 0.29) is 30.1 Å². The number of likely N-dealkylation sites (N-methyl/N-ethyl adjacent to an activating group) is 1. The molecule has 0 unspecified atom stereocenters. The minimum atomic E-state index is -3.73. The van der Waals surface area contributed by atoms with Crippen LogP contribution in [0.15, 0.2) is 53.4 Å². The predicted molar refractivity (Wildman–Crippen MR) is 107 cm³/mol. The third kappa shape index (κ3) is 3.99. The Balaban J connectivity index is 1.95. The van der Waals surface area contributed by atoms with Crippen molar-refractivity contribution < 1.29 is 17.9 Å². The summed E-state index contributed by atoms with van der Waals surface area (Å²) in [6, 6.07) is 13.2. The van der Waals surface area contributed by atoms with Crippen molar-refractivity contribution in [1.82, 2.24) is 9.29 Å². The number of nitrogens with one attached hydrogen (secondary N) is 1. The predicted octanol–water partition coefficient (Wildman–Crippen LogP) is 2.91. The number of hydrogen-bond acceptors (Lipinski definition) is 5. The van der Waals surface area contributed by atoms with Crippen molar-refractivity contribution in [1.29, 1.82) is 0 Å². The molecule has 3 rings (SSSR count). The summed E-state index contributed by atoms with van der Waals surface area (Å²) in [7, 11) is -2.30. The average molecular weight is 403 g/mol. The average Bonchev–Trinajstić information content (AvgIpc) is 2.67. The van der Waals surface area contributed by atoms with Gasteiger partial charge in [-0.15, -0.1) is 0 Å². The molecule has 2 aromatic carbocycles. The molecule has 0 aliphatic rings. The smallest absolute Gasteiger partial charge is 0.243 e. The molecular formula is C20H22FN3O3S. The van der Waals surface area contributed by atoms with Gasteiger partial charge >= 0.3 is 0 Å². The van der Waals surface area contributed by atoms with Gasteiger partial charge in [0, 0.05) is 36.9 Å². The molecule has 0 fully saturated rings. The molecule has 1 heterocycles. The number of hydrogen-bond donors (Lipinski definition) is 2. The monoisotopic (exact) mass is 403 g/mol. The summed E-state index contributed by atoms with van der Waals surface area (Å²) < 4.78 is 40.8. The molecule has 0 bridgehead atoms. The Kier molecular flexibility index (Phi) is 5.93. The highest BCUT2D eigenvalue weighted by atomic mass is 32.2. The molecule has 0 saturated heterocycles. The molecule has 0 aliphatic heterocycles. The Morgan fingerprint density at radius 2 is 1.93 bits per heavy atom. The van der Waals surface area contributed by atoms with Crippen molar-refractivity contribution >= 4 is 26.6 Å². The summed E-state index contributed by atoms with van der Waals surface area (Å²) >= 11 is 0. The standard InChI is InChI=1S/C20H22FN3O3S/c1-14-12-18(16-7-5-8-17(21)20(16)23-14)22-13-15-6-3-4-9-19(15)28(26,27)24(2)10-11-25/h3-9,12,25H,10-11,13H2,1-2H3,(H,22,23). The van der Waals surface area contributed by atoms with Gasteiger partial charge in [-0.05, 0) is 30.7 Å². The fourth-order valence-electron chi connectivity index (χ4n) is 3.01. The van der Waals surface area contributed by atoms with Crippen LogP contribution in [0.5, 0.6) is 0 Å². The zero-order valence-corrected chi connectivity index (χ0v) is 16.5. The van der Waals surface area contributed by atoms with Crippen LogP contribution >= 0.6 is 0 Å². The Morgan fingerprint density at radius 3 is 2.68 bits per heavy atom. The molecule has 148 valence electrons. The number of anilines is 1. The SMILES string of the molecule is Cc1cc(NCc2ccccc2S(=O)(=O)N(C)CCO)c2cccc(F)c2n1. The van der Waals surface area contributed by atoms with Crippen molar-refractivity contribution in [3.63, 3.8) is 0 Å². The minimum Gasteiger partial charge on any atom is -0.395 e. The van der Waals surface area contributed by atoms with Crippen LogP contribution in [0.1, 0.15) is 11.3 Å². The lowest BCUT2D eigenvalue weighted by atomic mass is 10.1. The van der Waals surface area contributed by atoms with Crippen molar-refractivity contribution in [2.24, 2.45) is 0 Å². The van der Waals surface area contributed by atoms with Crippen LogP contribution in [-0.2, 0) is 16.6 Å². The first-order chi connectivity index (χ1) is 13.3. The van der Waals surface area contributed by atoms with Gasteiger partial charge in [0.25, 0.3) is 0 Å². The number of sulfonamides is 1. The normalized spacial score (nSPS) is 11.9. The number of fused-ring (bicyclic) bond motifs is 1. The number of aromatic nitrogens is 1. The van der Waals surface area contributed by atoms with Crippen LogP contribution in [0.25, 0.3) is 10.9 Å². The van der Waals surface area contributed by atoms with E-state index in [1.54, 1.807) is 43.3 Å². The molecule has 0 amide bonds.